The molecule has 0 spiro atoms. The summed E-state index contributed by atoms with van der Waals surface area (Å²) in [6.45, 7) is 3.31. The Bertz CT molecular complexity index is 1360. The van der Waals surface area contributed by atoms with E-state index in [9.17, 15) is 17.6 Å². The van der Waals surface area contributed by atoms with Gasteiger partial charge in [-0.15, -0.1) is 11.3 Å². The number of aryl methyl sites for hydroxylation is 3. The minimum atomic E-state index is -4.39. The fourth-order valence-corrected chi connectivity index (χ4v) is 5.51. The number of rotatable bonds is 4. The molecule has 2 aromatic carbocycles. The molecule has 2 aromatic heterocycles. The van der Waals surface area contributed by atoms with Crippen LogP contribution in [-0.2, 0) is 12.6 Å². The molecule has 34 heavy (non-hydrogen) atoms. The maximum absolute atomic E-state index is 14.7. The zero-order chi connectivity index (χ0) is 24.0. The van der Waals surface area contributed by atoms with E-state index < -0.39 is 17.6 Å². The number of benzene rings is 2. The van der Waals surface area contributed by atoms with Crippen LogP contribution in [0.5, 0.6) is 0 Å². The van der Waals surface area contributed by atoms with Crippen LogP contribution in [0.4, 0.5) is 28.4 Å². The van der Waals surface area contributed by atoms with E-state index in [0.717, 1.165) is 35.5 Å². The number of alkyl halides is 3. The molecule has 4 nitrogen and oxygen atoms in total. The topological polar surface area (TPSA) is 42.7 Å². The number of hydrogen-bond donors (Lipinski definition) is 1. The molecule has 0 aliphatic heterocycles. The van der Waals surface area contributed by atoms with Gasteiger partial charge in [0.2, 0.25) is 0 Å². The third-order valence-corrected chi connectivity index (χ3v) is 7.16. The number of thiazole rings is 1. The second-order valence-corrected chi connectivity index (χ2v) is 9.64. The molecule has 9 heteroatoms. The number of anilines is 2. The van der Waals surface area contributed by atoms with E-state index in [2.05, 4.69) is 10.3 Å². The van der Waals surface area contributed by atoms with Crippen molar-refractivity contribution in [1.82, 2.24) is 14.5 Å². The fraction of sp³-hybridized carbons (Fsp3) is 0.280. The first kappa shape index (κ1) is 22.6. The van der Waals surface area contributed by atoms with Gasteiger partial charge in [-0.2, -0.15) is 13.2 Å². The highest BCUT2D eigenvalue weighted by Gasteiger charge is 2.34. The molecule has 1 aliphatic carbocycles. The van der Waals surface area contributed by atoms with Crippen molar-refractivity contribution in [3.63, 3.8) is 0 Å². The van der Waals surface area contributed by atoms with Crippen LogP contribution in [0.1, 0.15) is 51.7 Å². The molecule has 0 bridgehead atoms. The average Bonchev–Trinajstić information content (AvgIpc) is 3.39. The monoisotopic (exact) mass is 486 g/mol. The predicted octanol–water partition coefficient (Wildman–Crippen LogP) is 7.32. The first-order chi connectivity index (χ1) is 16.2. The van der Waals surface area contributed by atoms with Crippen LogP contribution in [-0.4, -0.2) is 14.5 Å². The van der Waals surface area contributed by atoms with E-state index in [1.165, 1.54) is 36.5 Å². The quantitative estimate of drug-likeness (QED) is 0.308. The van der Waals surface area contributed by atoms with E-state index in [1.807, 2.05) is 6.92 Å². The highest BCUT2D eigenvalue weighted by Crippen LogP contribution is 2.42. The summed E-state index contributed by atoms with van der Waals surface area (Å²) in [5.74, 6) is -0.596. The van der Waals surface area contributed by atoms with E-state index in [0.29, 0.717) is 22.1 Å². The molecule has 2 heterocycles. The minimum Gasteiger partial charge on any atom is -0.331 e. The third-order valence-electron chi connectivity index (χ3n) is 6.11. The Hall–Kier alpha value is -3.20. The molecule has 1 unspecified atom stereocenters. The lowest BCUT2D eigenvalue weighted by molar-refractivity contribution is -0.138. The van der Waals surface area contributed by atoms with E-state index >= 15 is 0 Å². The van der Waals surface area contributed by atoms with Crippen LogP contribution in [0.3, 0.4) is 0 Å². The number of hydrogen-bond acceptors (Lipinski definition) is 4. The molecule has 4 aromatic rings. The van der Waals surface area contributed by atoms with Gasteiger partial charge in [0, 0.05) is 22.7 Å². The van der Waals surface area contributed by atoms with E-state index in [4.69, 9.17) is 4.98 Å². The van der Waals surface area contributed by atoms with Gasteiger partial charge in [-0.3, -0.25) is 0 Å². The van der Waals surface area contributed by atoms with Gasteiger partial charge in [0.1, 0.15) is 5.82 Å². The molecule has 0 amide bonds. The fourth-order valence-electron chi connectivity index (χ4n) is 4.43. The van der Waals surface area contributed by atoms with Crippen molar-refractivity contribution in [2.75, 3.05) is 5.32 Å². The average molecular weight is 487 g/mol. The first-order valence-electron chi connectivity index (χ1n) is 10.9. The lowest BCUT2D eigenvalue weighted by Gasteiger charge is -2.23. The standard InChI is InChI=1S/C25H22F4N4S/c1-14-6-7-16(10-19(14)25(27,28)29)18-4-3-5-22-23(18)32-24(34-22)31-17-8-9-21(20(26)11-17)33-12-15(2)30-13-33/h6-13,18H,3-5H2,1-2H3,(H,31,32). The summed E-state index contributed by atoms with van der Waals surface area (Å²) < 4.78 is 56.7. The summed E-state index contributed by atoms with van der Waals surface area (Å²) in [6, 6.07) is 9.39. The van der Waals surface area contributed by atoms with Gasteiger partial charge >= 0.3 is 6.18 Å². The SMILES string of the molecule is Cc1cn(-c2ccc(Nc3nc4c(s3)CCCC4c3ccc(C)c(C(F)(F)F)c3)cc2F)cn1. The Labute approximate surface area is 198 Å². The largest absolute Gasteiger partial charge is 0.416 e. The van der Waals surface area contributed by atoms with Crippen molar-refractivity contribution in [3.05, 3.63) is 87.7 Å². The molecule has 1 aliphatic rings. The molecule has 5 rings (SSSR count). The molecular weight excluding hydrogens is 464 g/mol. The van der Waals surface area contributed by atoms with Gasteiger partial charge in [0.05, 0.1) is 29.0 Å². The Balaban J connectivity index is 1.42. The van der Waals surface area contributed by atoms with Crippen molar-refractivity contribution in [2.24, 2.45) is 0 Å². The van der Waals surface area contributed by atoms with E-state index in [1.54, 1.807) is 35.3 Å². The summed E-state index contributed by atoms with van der Waals surface area (Å²) in [7, 11) is 0. The molecule has 0 saturated heterocycles. The number of fused-ring (bicyclic) bond motifs is 1. The highest BCUT2D eigenvalue weighted by atomic mass is 32.1. The van der Waals surface area contributed by atoms with Crippen LogP contribution in [0.15, 0.2) is 48.9 Å². The minimum absolute atomic E-state index is 0.194. The molecular formula is C25H22F4N4S. The summed E-state index contributed by atoms with van der Waals surface area (Å²) in [5.41, 5.74) is 2.78. The van der Waals surface area contributed by atoms with Crippen LogP contribution in [0.2, 0.25) is 0 Å². The molecule has 1 N–H and O–H groups in total. The Morgan fingerprint density at radius 1 is 1.12 bits per heavy atom. The number of nitrogens with zero attached hydrogens (tertiary/aromatic N) is 3. The number of halogens is 4. The van der Waals surface area contributed by atoms with Gasteiger partial charge in [-0.25, -0.2) is 14.4 Å². The van der Waals surface area contributed by atoms with Crippen LogP contribution in [0.25, 0.3) is 5.69 Å². The first-order valence-corrected chi connectivity index (χ1v) is 11.8. The van der Waals surface area contributed by atoms with Crippen LogP contribution >= 0.6 is 11.3 Å². The Morgan fingerprint density at radius 2 is 1.94 bits per heavy atom. The van der Waals surface area contributed by atoms with Crippen molar-refractivity contribution in [2.45, 2.75) is 45.2 Å². The van der Waals surface area contributed by atoms with Crippen molar-refractivity contribution in [3.8, 4) is 5.69 Å². The van der Waals surface area contributed by atoms with Gasteiger partial charge in [-0.1, -0.05) is 12.1 Å². The zero-order valence-corrected chi connectivity index (χ0v) is 19.4. The number of imidazole rings is 1. The second kappa shape index (κ2) is 8.54. The molecule has 0 saturated carbocycles. The lowest BCUT2D eigenvalue weighted by atomic mass is 9.84. The maximum atomic E-state index is 14.7. The van der Waals surface area contributed by atoms with E-state index in [-0.39, 0.29) is 11.5 Å². The van der Waals surface area contributed by atoms with Gasteiger partial charge in [-0.05, 0) is 68.5 Å². The van der Waals surface area contributed by atoms with Gasteiger partial charge in [0.25, 0.3) is 0 Å². The molecule has 0 fully saturated rings. The highest BCUT2D eigenvalue weighted by molar-refractivity contribution is 7.15. The van der Waals surface area contributed by atoms with Gasteiger partial charge < -0.3 is 9.88 Å². The number of aromatic nitrogens is 3. The smallest absolute Gasteiger partial charge is 0.331 e. The van der Waals surface area contributed by atoms with Crippen molar-refractivity contribution < 1.29 is 17.6 Å². The Kier molecular flexibility index (Phi) is 5.67. The molecule has 0 radical (unpaired) electrons. The summed E-state index contributed by atoms with van der Waals surface area (Å²) in [6.07, 6.45) is 1.36. The normalized spacial score (nSPS) is 15.9. The number of nitrogens with one attached hydrogen (secondary N) is 1. The predicted molar refractivity (Wildman–Crippen MR) is 125 cm³/mol. The second-order valence-electron chi connectivity index (χ2n) is 8.56. The molecule has 176 valence electrons. The lowest BCUT2D eigenvalue weighted by Crippen LogP contribution is -2.13. The van der Waals surface area contributed by atoms with Gasteiger partial charge in [0.15, 0.2) is 5.13 Å². The van der Waals surface area contributed by atoms with Crippen molar-refractivity contribution in [1.29, 1.82) is 0 Å². The van der Waals surface area contributed by atoms with Crippen LogP contribution < -0.4 is 5.32 Å². The van der Waals surface area contributed by atoms with Crippen LogP contribution in [0, 0.1) is 19.7 Å². The third kappa shape index (κ3) is 4.32. The summed E-state index contributed by atoms with van der Waals surface area (Å²) in [4.78, 5) is 9.90. The Morgan fingerprint density at radius 3 is 2.65 bits per heavy atom. The summed E-state index contributed by atoms with van der Waals surface area (Å²) in [5, 5.41) is 3.77. The van der Waals surface area contributed by atoms with Crippen molar-refractivity contribution >= 4 is 22.2 Å². The molecule has 1 atom stereocenters. The summed E-state index contributed by atoms with van der Waals surface area (Å²) >= 11 is 1.47. The maximum Gasteiger partial charge on any atom is 0.416 e. The zero-order valence-electron chi connectivity index (χ0n) is 18.6.